The molecule has 2 aromatic rings. The van der Waals surface area contributed by atoms with E-state index in [2.05, 4.69) is 5.10 Å². The number of aromatic nitrogens is 2. The Morgan fingerprint density at radius 1 is 1.30 bits per heavy atom. The van der Waals surface area contributed by atoms with Crippen LogP contribution in [0.25, 0.3) is 0 Å². The molecule has 1 aromatic carbocycles. The maximum Gasteiger partial charge on any atom is 0.356 e. The summed E-state index contributed by atoms with van der Waals surface area (Å²) in [4.78, 5) is 11.8. The lowest BCUT2D eigenvalue weighted by atomic mass is 10.2. The number of hydrogen-bond acceptors (Lipinski definition) is 4. The molecule has 0 saturated carbocycles. The Balaban J connectivity index is 2.29. The van der Waals surface area contributed by atoms with Gasteiger partial charge in [0.15, 0.2) is 5.69 Å². The van der Waals surface area contributed by atoms with E-state index in [0.29, 0.717) is 18.1 Å². The van der Waals surface area contributed by atoms with Crippen molar-refractivity contribution in [1.29, 1.82) is 0 Å². The molecule has 0 radical (unpaired) electrons. The quantitative estimate of drug-likeness (QED) is 0.786. The third-order valence-electron chi connectivity index (χ3n) is 2.68. The summed E-state index contributed by atoms with van der Waals surface area (Å²) in [5.41, 5.74) is 1.43. The van der Waals surface area contributed by atoms with Gasteiger partial charge in [0.2, 0.25) is 5.88 Å². The van der Waals surface area contributed by atoms with Gasteiger partial charge in [-0.05, 0) is 19.4 Å². The highest BCUT2D eigenvalue weighted by atomic mass is 16.5. The third kappa shape index (κ3) is 3.38. The van der Waals surface area contributed by atoms with Gasteiger partial charge >= 0.3 is 5.97 Å². The first-order valence-electron chi connectivity index (χ1n) is 6.47. The molecule has 20 heavy (non-hydrogen) atoms. The van der Waals surface area contributed by atoms with Gasteiger partial charge in [-0.15, -0.1) is 5.10 Å². The average molecular weight is 274 g/mol. The molecular formula is C15H18N2O3. The molecule has 0 saturated heterocycles. The minimum atomic E-state index is -0.424. The van der Waals surface area contributed by atoms with E-state index in [0.717, 1.165) is 5.56 Å². The van der Waals surface area contributed by atoms with Crippen LogP contribution < -0.4 is 4.74 Å². The van der Waals surface area contributed by atoms with Crippen LogP contribution in [0.1, 0.15) is 29.9 Å². The van der Waals surface area contributed by atoms with Crippen molar-refractivity contribution in [2.75, 3.05) is 7.11 Å². The summed E-state index contributed by atoms with van der Waals surface area (Å²) in [6, 6.07) is 11.4. The number of ether oxygens (including phenoxy) is 2. The van der Waals surface area contributed by atoms with Crippen molar-refractivity contribution < 1.29 is 14.3 Å². The predicted molar refractivity (Wildman–Crippen MR) is 74.9 cm³/mol. The van der Waals surface area contributed by atoms with Crippen molar-refractivity contribution in [3.05, 3.63) is 47.7 Å². The third-order valence-corrected chi connectivity index (χ3v) is 2.68. The zero-order valence-electron chi connectivity index (χ0n) is 11.9. The second-order valence-electron chi connectivity index (χ2n) is 4.67. The summed E-state index contributed by atoms with van der Waals surface area (Å²) < 4.78 is 11.9. The van der Waals surface area contributed by atoms with Gasteiger partial charge in [-0.1, -0.05) is 30.3 Å². The van der Waals surface area contributed by atoms with Crippen LogP contribution in [0.2, 0.25) is 0 Å². The maximum absolute atomic E-state index is 11.8. The smallest absolute Gasteiger partial charge is 0.356 e. The second-order valence-corrected chi connectivity index (χ2v) is 4.67. The zero-order chi connectivity index (χ0) is 14.5. The summed E-state index contributed by atoms with van der Waals surface area (Å²) in [5, 5.41) is 4.31. The summed E-state index contributed by atoms with van der Waals surface area (Å²) in [6.07, 6.45) is 0.000530. The highest BCUT2D eigenvalue weighted by Crippen LogP contribution is 2.16. The first kappa shape index (κ1) is 14.1. The molecule has 0 N–H and O–H groups in total. The molecule has 0 unspecified atom stereocenters. The van der Waals surface area contributed by atoms with E-state index in [4.69, 9.17) is 9.47 Å². The first-order valence-corrected chi connectivity index (χ1v) is 6.47. The normalized spacial score (nSPS) is 10.6. The molecular weight excluding hydrogens is 256 g/mol. The highest BCUT2D eigenvalue weighted by molar-refractivity contribution is 5.87. The molecule has 1 heterocycles. The van der Waals surface area contributed by atoms with Crippen molar-refractivity contribution in [3.8, 4) is 5.88 Å². The minimum Gasteiger partial charge on any atom is -0.474 e. The Hall–Kier alpha value is -2.30. The summed E-state index contributed by atoms with van der Waals surface area (Å²) in [7, 11) is 1.35. The molecule has 0 aliphatic carbocycles. The highest BCUT2D eigenvalue weighted by Gasteiger charge is 2.17. The zero-order valence-corrected chi connectivity index (χ0v) is 11.9. The van der Waals surface area contributed by atoms with Gasteiger partial charge in [0.1, 0.15) is 0 Å². The van der Waals surface area contributed by atoms with Crippen LogP contribution >= 0.6 is 0 Å². The molecule has 0 spiro atoms. The number of carbonyl (C=O) groups is 1. The lowest BCUT2D eigenvalue weighted by Crippen LogP contribution is -2.12. The van der Waals surface area contributed by atoms with E-state index in [1.54, 1.807) is 10.7 Å². The monoisotopic (exact) mass is 274 g/mol. The number of nitrogens with zero attached hydrogens (tertiary/aromatic N) is 2. The number of esters is 1. The molecule has 106 valence electrons. The van der Waals surface area contributed by atoms with Crippen LogP contribution in [0.5, 0.6) is 5.88 Å². The van der Waals surface area contributed by atoms with Crippen LogP contribution in [0, 0.1) is 0 Å². The van der Waals surface area contributed by atoms with Crippen molar-refractivity contribution in [1.82, 2.24) is 9.78 Å². The molecule has 0 amide bonds. The summed E-state index contributed by atoms with van der Waals surface area (Å²) in [6.45, 7) is 4.31. The minimum absolute atomic E-state index is 0.000530. The fourth-order valence-electron chi connectivity index (χ4n) is 1.84. The Bertz CT molecular complexity index is 576. The number of benzene rings is 1. The average Bonchev–Trinajstić information content (AvgIpc) is 2.80. The topological polar surface area (TPSA) is 53.4 Å². The van der Waals surface area contributed by atoms with Gasteiger partial charge in [-0.3, -0.25) is 0 Å². The fraction of sp³-hybridized carbons (Fsp3) is 0.333. The molecule has 5 nitrogen and oxygen atoms in total. The second kappa shape index (κ2) is 6.23. The lowest BCUT2D eigenvalue weighted by molar-refractivity contribution is 0.0587. The molecule has 1 aromatic heterocycles. The van der Waals surface area contributed by atoms with Gasteiger partial charge in [0.25, 0.3) is 0 Å². The molecule has 0 atom stereocenters. The van der Waals surface area contributed by atoms with E-state index in [9.17, 15) is 4.79 Å². The molecule has 0 aliphatic rings. The molecule has 5 heteroatoms. The number of hydrogen-bond donors (Lipinski definition) is 0. The predicted octanol–water partition coefficient (Wildman–Crippen LogP) is 2.51. The Kier molecular flexibility index (Phi) is 4.40. The Labute approximate surface area is 118 Å². The van der Waals surface area contributed by atoms with Crippen LogP contribution in [-0.2, 0) is 11.3 Å². The first-order chi connectivity index (χ1) is 9.60. The van der Waals surface area contributed by atoms with Gasteiger partial charge in [0, 0.05) is 6.07 Å². The van der Waals surface area contributed by atoms with E-state index in [1.165, 1.54) is 7.11 Å². The van der Waals surface area contributed by atoms with E-state index < -0.39 is 5.97 Å². The van der Waals surface area contributed by atoms with Crippen molar-refractivity contribution in [3.63, 3.8) is 0 Å². The van der Waals surface area contributed by atoms with E-state index in [-0.39, 0.29) is 6.10 Å². The largest absolute Gasteiger partial charge is 0.474 e. The van der Waals surface area contributed by atoms with Crippen molar-refractivity contribution in [2.45, 2.75) is 26.5 Å². The van der Waals surface area contributed by atoms with Gasteiger partial charge < -0.3 is 9.47 Å². The number of rotatable bonds is 5. The SMILES string of the molecule is COC(=O)c1cc(OC(C)C)nn1Cc1ccccc1. The van der Waals surface area contributed by atoms with Crippen LogP contribution in [0.3, 0.4) is 0 Å². The summed E-state index contributed by atoms with van der Waals surface area (Å²) in [5.74, 6) is 0.00312. The maximum atomic E-state index is 11.8. The van der Waals surface area contributed by atoms with Gasteiger partial charge in [-0.25, -0.2) is 9.48 Å². The Morgan fingerprint density at radius 3 is 2.60 bits per heavy atom. The molecule has 0 fully saturated rings. The van der Waals surface area contributed by atoms with E-state index >= 15 is 0 Å². The van der Waals surface area contributed by atoms with Crippen LogP contribution in [0.4, 0.5) is 0 Å². The number of methoxy groups -OCH3 is 1. The molecule has 0 aliphatic heterocycles. The number of carbonyl (C=O) groups excluding carboxylic acids is 1. The molecule has 0 bridgehead atoms. The van der Waals surface area contributed by atoms with Crippen molar-refractivity contribution >= 4 is 5.97 Å². The van der Waals surface area contributed by atoms with E-state index in [1.807, 2.05) is 44.2 Å². The standard InChI is InChI=1S/C15H18N2O3/c1-11(2)20-14-9-13(15(18)19-3)17(16-14)10-12-7-5-4-6-8-12/h4-9,11H,10H2,1-3H3. The van der Waals surface area contributed by atoms with Gasteiger partial charge in [-0.2, -0.15) is 0 Å². The lowest BCUT2D eigenvalue weighted by Gasteiger charge is -2.06. The van der Waals surface area contributed by atoms with Crippen LogP contribution in [-0.4, -0.2) is 29.0 Å². The Morgan fingerprint density at radius 2 is 2.00 bits per heavy atom. The summed E-state index contributed by atoms with van der Waals surface area (Å²) >= 11 is 0. The van der Waals surface area contributed by atoms with Gasteiger partial charge in [0.05, 0.1) is 19.8 Å². The van der Waals surface area contributed by atoms with Crippen molar-refractivity contribution in [2.24, 2.45) is 0 Å². The fourth-order valence-corrected chi connectivity index (χ4v) is 1.84. The van der Waals surface area contributed by atoms with Crippen LogP contribution in [0.15, 0.2) is 36.4 Å². The molecule has 2 rings (SSSR count).